The van der Waals surface area contributed by atoms with Gasteiger partial charge >= 0.3 is 0 Å². The summed E-state index contributed by atoms with van der Waals surface area (Å²) in [5, 5.41) is 13.3. The molecular formula is C22H22N4OS. The summed E-state index contributed by atoms with van der Waals surface area (Å²) in [7, 11) is 0. The van der Waals surface area contributed by atoms with Crippen LogP contribution >= 0.6 is 11.8 Å². The minimum atomic E-state index is -0.257. The first-order chi connectivity index (χ1) is 13.5. The van der Waals surface area contributed by atoms with E-state index in [2.05, 4.69) is 27.6 Å². The van der Waals surface area contributed by atoms with E-state index in [0.29, 0.717) is 6.42 Å². The molecule has 142 valence electrons. The lowest BCUT2D eigenvalue weighted by atomic mass is 10.1. The van der Waals surface area contributed by atoms with E-state index in [1.165, 1.54) is 11.8 Å². The van der Waals surface area contributed by atoms with Crippen molar-refractivity contribution in [1.29, 1.82) is 0 Å². The third-order valence-electron chi connectivity index (χ3n) is 4.65. The quantitative estimate of drug-likeness (QED) is 0.487. The highest BCUT2D eigenvalue weighted by Crippen LogP contribution is 2.28. The molecule has 4 rings (SSSR count). The predicted octanol–water partition coefficient (Wildman–Crippen LogP) is 5.01. The molecule has 0 aliphatic rings. The van der Waals surface area contributed by atoms with Crippen LogP contribution in [0.5, 0.6) is 0 Å². The highest BCUT2D eigenvalue weighted by Gasteiger charge is 2.22. The zero-order chi connectivity index (χ0) is 19.7. The summed E-state index contributed by atoms with van der Waals surface area (Å²) in [6, 6.07) is 18.2. The lowest BCUT2D eigenvalue weighted by molar-refractivity contribution is -0.115. The van der Waals surface area contributed by atoms with Crippen LogP contribution in [0.2, 0.25) is 0 Å². The van der Waals surface area contributed by atoms with Gasteiger partial charge in [-0.1, -0.05) is 43.0 Å². The summed E-state index contributed by atoms with van der Waals surface area (Å²) in [6.45, 7) is 6.07. The number of thioether (sulfide) groups is 1. The molecule has 5 nitrogen and oxygen atoms in total. The number of hydrogen-bond acceptors (Lipinski definition) is 4. The molecule has 0 aliphatic carbocycles. The number of benzene rings is 2. The maximum Gasteiger partial charge on any atom is 0.237 e. The van der Waals surface area contributed by atoms with Crippen LogP contribution in [0, 0.1) is 13.8 Å². The van der Waals surface area contributed by atoms with Crippen LogP contribution in [0.3, 0.4) is 0 Å². The number of amides is 1. The molecule has 1 unspecified atom stereocenters. The third kappa shape index (κ3) is 3.60. The van der Waals surface area contributed by atoms with E-state index in [0.717, 1.165) is 38.5 Å². The van der Waals surface area contributed by atoms with Crippen LogP contribution in [0.25, 0.3) is 16.6 Å². The van der Waals surface area contributed by atoms with Gasteiger partial charge in [-0.05, 0) is 67.1 Å². The van der Waals surface area contributed by atoms with Crippen molar-refractivity contribution >= 4 is 39.9 Å². The monoisotopic (exact) mass is 390 g/mol. The number of hydrogen-bond donors (Lipinski definition) is 1. The van der Waals surface area contributed by atoms with E-state index in [1.54, 1.807) is 0 Å². The zero-order valence-electron chi connectivity index (χ0n) is 16.1. The van der Waals surface area contributed by atoms with Crippen molar-refractivity contribution in [3.63, 3.8) is 0 Å². The van der Waals surface area contributed by atoms with E-state index < -0.39 is 0 Å². The highest BCUT2D eigenvalue weighted by molar-refractivity contribution is 8.00. The van der Waals surface area contributed by atoms with Crippen molar-refractivity contribution in [1.82, 2.24) is 14.6 Å². The van der Waals surface area contributed by atoms with Crippen molar-refractivity contribution in [3.05, 3.63) is 65.7 Å². The Morgan fingerprint density at radius 3 is 2.57 bits per heavy atom. The summed E-state index contributed by atoms with van der Waals surface area (Å²) < 4.78 is 2.02. The summed E-state index contributed by atoms with van der Waals surface area (Å²) >= 11 is 1.45. The molecule has 0 saturated heterocycles. The van der Waals surface area contributed by atoms with Gasteiger partial charge in [-0.3, -0.25) is 9.20 Å². The van der Waals surface area contributed by atoms with Crippen molar-refractivity contribution in [3.8, 4) is 0 Å². The van der Waals surface area contributed by atoms with Gasteiger partial charge in [-0.25, -0.2) is 0 Å². The van der Waals surface area contributed by atoms with Gasteiger partial charge in [0.25, 0.3) is 0 Å². The molecule has 2 heterocycles. The van der Waals surface area contributed by atoms with E-state index in [-0.39, 0.29) is 11.2 Å². The number of rotatable bonds is 5. The molecule has 0 radical (unpaired) electrons. The summed E-state index contributed by atoms with van der Waals surface area (Å²) in [5.74, 6) is -0.0190. The molecule has 0 aliphatic heterocycles. The number of anilines is 1. The number of carbonyl (C=O) groups is 1. The molecule has 0 saturated carbocycles. The third-order valence-corrected chi connectivity index (χ3v) is 5.96. The zero-order valence-corrected chi connectivity index (χ0v) is 17.0. The molecule has 0 bridgehead atoms. The first kappa shape index (κ1) is 18.5. The minimum absolute atomic E-state index is 0.0190. The number of aromatic nitrogens is 3. The Kier molecular flexibility index (Phi) is 5.05. The maximum absolute atomic E-state index is 12.9. The van der Waals surface area contributed by atoms with Gasteiger partial charge in [0.2, 0.25) is 5.91 Å². The molecule has 0 fully saturated rings. The second-order valence-electron chi connectivity index (χ2n) is 6.95. The predicted molar refractivity (Wildman–Crippen MR) is 115 cm³/mol. The summed E-state index contributed by atoms with van der Waals surface area (Å²) in [6.07, 6.45) is 0.695. The Morgan fingerprint density at radius 1 is 1.07 bits per heavy atom. The van der Waals surface area contributed by atoms with Gasteiger partial charge in [0.05, 0.1) is 10.8 Å². The fraction of sp³-hybridized carbons (Fsp3) is 0.227. The molecule has 2 aromatic heterocycles. The molecule has 1 atom stereocenters. The van der Waals surface area contributed by atoms with E-state index >= 15 is 0 Å². The molecule has 2 aromatic carbocycles. The van der Waals surface area contributed by atoms with Crippen molar-refractivity contribution < 1.29 is 4.79 Å². The normalized spacial score (nSPS) is 12.4. The van der Waals surface area contributed by atoms with Crippen LogP contribution in [-0.2, 0) is 4.79 Å². The average molecular weight is 391 g/mol. The Hall–Kier alpha value is -2.86. The number of nitrogens with zero attached hydrogens (tertiary/aromatic N) is 3. The van der Waals surface area contributed by atoms with Gasteiger partial charge in [-0.2, -0.15) is 0 Å². The van der Waals surface area contributed by atoms with Crippen LogP contribution in [0.4, 0.5) is 5.69 Å². The molecule has 6 heteroatoms. The number of fused-ring (bicyclic) bond motifs is 3. The molecule has 0 spiro atoms. The Morgan fingerprint density at radius 2 is 1.82 bits per heavy atom. The second-order valence-corrected chi connectivity index (χ2v) is 8.12. The fourth-order valence-corrected chi connectivity index (χ4v) is 4.38. The first-order valence-corrected chi connectivity index (χ1v) is 10.2. The lowest BCUT2D eigenvalue weighted by Crippen LogP contribution is -2.25. The summed E-state index contributed by atoms with van der Waals surface area (Å²) in [4.78, 5) is 12.9. The molecule has 28 heavy (non-hydrogen) atoms. The largest absolute Gasteiger partial charge is 0.325 e. The number of pyridine rings is 1. The van der Waals surface area contributed by atoms with Crippen LogP contribution in [-0.4, -0.2) is 25.8 Å². The summed E-state index contributed by atoms with van der Waals surface area (Å²) in [5.41, 5.74) is 4.91. The standard InChI is InChI=1S/C22H22N4OS/c1-4-19(21(27)23-17-12-14(2)11-15(3)13-17)28-22-25-24-20-10-9-16-7-5-6-8-18(16)26(20)22/h5-13,19H,4H2,1-3H3,(H,23,27). The van der Waals surface area contributed by atoms with E-state index in [1.807, 2.05) is 67.6 Å². The molecule has 4 aromatic rings. The number of carbonyl (C=O) groups excluding carboxylic acids is 1. The van der Waals surface area contributed by atoms with Gasteiger partial charge in [0.15, 0.2) is 10.8 Å². The Labute approximate surface area is 168 Å². The highest BCUT2D eigenvalue weighted by atomic mass is 32.2. The van der Waals surface area contributed by atoms with Gasteiger partial charge in [-0.15, -0.1) is 10.2 Å². The van der Waals surface area contributed by atoms with Crippen LogP contribution in [0.1, 0.15) is 24.5 Å². The Balaban J connectivity index is 1.63. The number of nitrogens with one attached hydrogen (secondary N) is 1. The minimum Gasteiger partial charge on any atom is -0.325 e. The number of para-hydroxylation sites is 1. The van der Waals surface area contributed by atoms with Crippen LogP contribution < -0.4 is 5.32 Å². The van der Waals surface area contributed by atoms with Crippen molar-refractivity contribution in [2.45, 2.75) is 37.6 Å². The smallest absolute Gasteiger partial charge is 0.237 e. The van der Waals surface area contributed by atoms with Gasteiger partial charge in [0, 0.05) is 5.69 Å². The van der Waals surface area contributed by atoms with Crippen molar-refractivity contribution in [2.75, 3.05) is 5.32 Å². The van der Waals surface area contributed by atoms with Crippen LogP contribution in [0.15, 0.2) is 59.8 Å². The number of aryl methyl sites for hydroxylation is 2. The van der Waals surface area contributed by atoms with Crippen molar-refractivity contribution in [2.24, 2.45) is 0 Å². The Bertz CT molecular complexity index is 1150. The fourth-order valence-electron chi connectivity index (χ4n) is 3.41. The maximum atomic E-state index is 12.9. The average Bonchev–Trinajstić information content (AvgIpc) is 3.08. The molecular weight excluding hydrogens is 368 g/mol. The first-order valence-electron chi connectivity index (χ1n) is 9.34. The SMILES string of the molecule is CCC(Sc1nnc2ccc3ccccc3n12)C(=O)Nc1cc(C)cc(C)c1. The lowest BCUT2D eigenvalue weighted by Gasteiger charge is -2.15. The van der Waals surface area contributed by atoms with Gasteiger partial charge in [0.1, 0.15) is 0 Å². The van der Waals surface area contributed by atoms with E-state index in [9.17, 15) is 4.79 Å². The topological polar surface area (TPSA) is 59.3 Å². The molecule has 1 N–H and O–H groups in total. The molecule has 1 amide bonds. The van der Waals surface area contributed by atoms with Gasteiger partial charge < -0.3 is 5.32 Å². The second kappa shape index (κ2) is 7.64. The van der Waals surface area contributed by atoms with E-state index in [4.69, 9.17) is 0 Å².